The summed E-state index contributed by atoms with van der Waals surface area (Å²) in [5.74, 6) is 2.55. The van der Waals surface area contributed by atoms with Crippen LogP contribution in [0, 0.1) is 12.3 Å². The van der Waals surface area contributed by atoms with E-state index in [0.29, 0.717) is 5.69 Å². The van der Waals surface area contributed by atoms with Gasteiger partial charge < -0.3 is 4.52 Å². The molecule has 13 heavy (non-hydrogen) atoms. The molecule has 1 aromatic rings. The van der Waals surface area contributed by atoms with E-state index in [2.05, 4.69) is 31.8 Å². The highest BCUT2D eigenvalue weighted by Gasteiger charge is 2.27. The predicted molar refractivity (Wildman–Crippen MR) is 52.4 cm³/mol. The molecule has 1 rings (SSSR count). The van der Waals surface area contributed by atoms with Crippen molar-refractivity contribution in [3.05, 3.63) is 17.5 Å². The van der Waals surface area contributed by atoms with Gasteiger partial charge in [0.25, 0.3) is 0 Å². The van der Waals surface area contributed by atoms with Crippen LogP contribution < -0.4 is 0 Å². The Morgan fingerprint density at radius 2 is 2.15 bits per heavy atom. The molecule has 2 heteroatoms. The summed E-state index contributed by atoms with van der Waals surface area (Å²) in [7, 11) is 0. The summed E-state index contributed by atoms with van der Waals surface area (Å²) < 4.78 is 4.89. The maximum atomic E-state index is 5.33. The minimum Gasteiger partial charge on any atom is -0.363 e. The van der Waals surface area contributed by atoms with Gasteiger partial charge in [0.15, 0.2) is 5.69 Å². The molecule has 0 aliphatic heterocycles. The Bertz CT molecular complexity index is 315. The van der Waals surface area contributed by atoms with Gasteiger partial charge in [-0.3, -0.25) is 0 Å². The maximum Gasteiger partial charge on any atom is 0.159 e. The van der Waals surface area contributed by atoms with Gasteiger partial charge in [0.05, 0.1) is 0 Å². The molecule has 0 saturated heterocycles. The fraction of sp³-hybridized carbons (Fsp3) is 0.545. The second kappa shape index (κ2) is 3.66. The van der Waals surface area contributed by atoms with Gasteiger partial charge in [-0.05, 0) is 24.2 Å². The van der Waals surface area contributed by atoms with Gasteiger partial charge in [0.2, 0.25) is 0 Å². The first-order valence-corrected chi connectivity index (χ1v) is 4.59. The van der Waals surface area contributed by atoms with E-state index in [1.807, 2.05) is 0 Å². The molecule has 0 spiro atoms. The van der Waals surface area contributed by atoms with Crippen LogP contribution in [-0.4, -0.2) is 5.16 Å². The largest absolute Gasteiger partial charge is 0.363 e. The minimum atomic E-state index is 0.0989. The number of terminal acetylenes is 1. The van der Waals surface area contributed by atoms with Gasteiger partial charge in [0.1, 0.15) is 6.26 Å². The maximum absolute atomic E-state index is 5.33. The van der Waals surface area contributed by atoms with Crippen LogP contribution in [0.4, 0.5) is 0 Å². The number of rotatable bonds is 3. The van der Waals surface area contributed by atoms with Gasteiger partial charge in [0, 0.05) is 5.56 Å². The topological polar surface area (TPSA) is 26.0 Å². The molecule has 1 heterocycles. The van der Waals surface area contributed by atoms with Crippen molar-refractivity contribution in [2.45, 2.75) is 39.0 Å². The lowest BCUT2D eigenvalue weighted by molar-refractivity contribution is 0.404. The van der Waals surface area contributed by atoms with E-state index in [-0.39, 0.29) is 5.41 Å². The zero-order valence-corrected chi connectivity index (χ0v) is 8.42. The smallest absolute Gasteiger partial charge is 0.159 e. The molecular weight excluding hydrogens is 162 g/mol. The second-order valence-corrected chi connectivity index (χ2v) is 3.49. The van der Waals surface area contributed by atoms with Crippen molar-refractivity contribution in [1.29, 1.82) is 0 Å². The average Bonchev–Trinajstić information content (AvgIpc) is 2.65. The number of hydrogen-bond donors (Lipinski definition) is 0. The number of aromatic nitrogens is 1. The van der Waals surface area contributed by atoms with Gasteiger partial charge in [-0.1, -0.05) is 25.9 Å². The zero-order chi connectivity index (χ0) is 9.90. The molecule has 1 aromatic heterocycles. The molecular formula is C11H15NO. The molecule has 0 N–H and O–H groups in total. The van der Waals surface area contributed by atoms with E-state index in [0.717, 1.165) is 18.4 Å². The summed E-state index contributed by atoms with van der Waals surface area (Å²) in [4.78, 5) is 0. The van der Waals surface area contributed by atoms with Crippen LogP contribution in [0.15, 0.2) is 10.8 Å². The van der Waals surface area contributed by atoms with Crippen LogP contribution in [-0.2, 0) is 5.41 Å². The van der Waals surface area contributed by atoms with Crippen LogP contribution in [0.5, 0.6) is 0 Å². The summed E-state index contributed by atoms with van der Waals surface area (Å²) in [5.41, 5.74) is 1.80. The molecule has 70 valence electrons. The zero-order valence-electron chi connectivity index (χ0n) is 8.42. The first-order valence-electron chi connectivity index (χ1n) is 4.59. The average molecular weight is 177 g/mol. The van der Waals surface area contributed by atoms with Crippen LogP contribution in [0.3, 0.4) is 0 Å². The third kappa shape index (κ3) is 1.60. The Morgan fingerprint density at radius 3 is 2.62 bits per heavy atom. The SMILES string of the molecule is C#Cc1nocc1C(C)(CC)CC. The lowest BCUT2D eigenvalue weighted by Crippen LogP contribution is -2.19. The normalized spacial score (nSPS) is 11.2. The minimum absolute atomic E-state index is 0.0989. The van der Waals surface area contributed by atoms with E-state index in [1.165, 1.54) is 0 Å². The molecule has 0 amide bonds. The first kappa shape index (κ1) is 9.85. The van der Waals surface area contributed by atoms with Crippen molar-refractivity contribution in [2.24, 2.45) is 0 Å². The van der Waals surface area contributed by atoms with Crippen molar-refractivity contribution in [3.8, 4) is 12.3 Å². The molecule has 0 aromatic carbocycles. The lowest BCUT2D eigenvalue weighted by Gasteiger charge is -2.24. The summed E-state index contributed by atoms with van der Waals surface area (Å²) >= 11 is 0. The second-order valence-electron chi connectivity index (χ2n) is 3.49. The third-order valence-electron chi connectivity index (χ3n) is 2.92. The number of hydrogen-bond acceptors (Lipinski definition) is 2. The molecule has 0 fully saturated rings. The number of nitrogens with zero attached hydrogens (tertiary/aromatic N) is 1. The molecule has 2 nitrogen and oxygen atoms in total. The van der Waals surface area contributed by atoms with Crippen LogP contribution in [0.25, 0.3) is 0 Å². The Balaban J connectivity index is 3.13. The van der Waals surface area contributed by atoms with Gasteiger partial charge in [-0.25, -0.2) is 0 Å². The monoisotopic (exact) mass is 177 g/mol. The Morgan fingerprint density at radius 1 is 1.54 bits per heavy atom. The highest BCUT2D eigenvalue weighted by Crippen LogP contribution is 2.32. The Labute approximate surface area is 79.3 Å². The molecule has 0 saturated carbocycles. The third-order valence-corrected chi connectivity index (χ3v) is 2.92. The predicted octanol–water partition coefficient (Wildman–Crippen LogP) is 2.73. The highest BCUT2D eigenvalue weighted by molar-refractivity contribution is 5.36. The van der Waals surface area contributed by atoms with E-state index < -0.39 is 0 Å². The molecule has 0 unspecified atom stereocenters. The van der Waals surface area contributed by atoms with Crippen molar-refractivity contribution < 1.29 is 4.52 Å². The molecule has 0 radical (unpaired) electrons. The quantitative estimate of drug-likeness (QED) is 0.663. The molecule has 0 aliphatic rings. The van der Waals surface area contributed by atoms with Crippen LogP contribution in [0.1, 0.15) is 44.9 Å². The Kier molecular flexibility index (Phi) is 2.77. The fourth-order valence-corrected chi connectivity index (χ4v) is 1.40. The molecule has 0 bridgehead atoms. The van der Waals surface area contributed by atoms with Gasteiger partial charge >= 0.3 is 0 Å². The van der Waals surface area contributed by atoms with Crippen molar-refractivity contribution in [2.75, 3.05) is 0 Å². The summed E-state index contributed by atoms with van der Waals surface area (Å²) in [6.45, 7) is 6.48. The van der Waals surface area contributed by atoms with Gasteiger partial charge in [-0.2, -0.15) is 0 Å². The van der Waals surface area contributed by atoms with E-state index >= 15 is 0 Å². The first-order chi connectivity index (χ1) is 6.18. The van der Waals surface area contributed by atoms with E-state index in [4.69, 9.17) is 10.9 Å². The molecule has 0 aliphatic carbocycles. The van der Waals surface area contributed by atoms with Crippen molar-refractivity contribution in [1.82, 2.24) is 5.16 Å². The molecule has 0 atom stereocenters. The van der Waals surface area contributed by atoms with E-state index in [9.17, 15) is 0 Å². The standard InChI is InChI=1S/C11H15NO/c1-5-10-9(8-13-12-10)11(4,6-2)7-3/h1,8H,6-7H2,2-4H3. The van der Waals surface area contributed by atoms with Crippen LogP contribution in [0.2, 0.25) is 0 Å². The van der Waals surface area contributed by atoms with Crippen molar-refractivity contribution in [3.63, 3.8) is 0 Å². The van der Waals surface area contributed by atoms with Gasteiger partial charge in [-0.15, -0.1) is 6.42 Å². The Hall–Kier alpha value is -1.23. The van der Waals surface area contributed by atoms with E-state index in [1.54, 1.807) is 6.26 Å². The summed E-state index contributed by atoms with van der Waals surface area (Å²) in [6, 6.07) is 0. The van der Waals surface area contributed by atoms with Crippen molar-refractivity contribution >= 4 is 0 Å². The summed E-state index contributed by atoms with van der Waals surface area (Å²) in [6.07, 6.45) is 9.08. The fourth-order valence-electron chi connectivity index (χ4n) is 1.40. The van der Waals surface area contributed by atoms with Crippen LogP contribution >= 0.6 is 0 Å². The summed E-state index contributed by atoms with van der Waals surface area (Å²) in [5, 5.41) is 3.79. The lowest BCUT2D eigenvalue weighted by atomic mass is 9.78. The highest BCUT2D eigenvalue weighted by atomic mass is 16.5.